The quantitative estimate of drug-likeness (QED) is 0.403. The minimum absolute atomic E-state index is 0.255. The van der Waals surface area contributed by atoms with Crippen LogP contribution in [0, 0.1) is 0 Å². The van der Waals surface area contributed by atoms with Crippen LogP contribution in [0.25, 0.3) is 5.57 Å². The first-order chi connectivity index (χ1) is 16.9. The minimum Gasteiger partial charge on any atom is -0.466 e. The number of esters is 1. The molecule has 9 heteroatoms. The standard InChI is InChI=1S/C26H20ClN3O4S/c1-4-13-29-18-8-6-5-7-17(18)20(23(29)31)22-24(32)30-21(15-9-11-16(27)12-10-15)19(25(33)34-3)14(2)28-26(30)35-22/h4-12,21H,1,13H2,2-3H3/b22-20-. The topological polar surface area (TPSA) is 81.0 Å². The van der Waals surface area contributed by atoms with E-state index in [2.05, 4.69) is 11.6 Å². The molecule has 1 amide bonds. The van der Waals surface area contributed by atoms with Gasteiger partial charge < -0.3 is 9.64 Å². The van der Waals surface area contributed by atoms with E-state index in [0.717, 1.165) is 17.0 Å². The lowest BCUT2D eigenvalue weighted by atomic mass is 9.96. The van der Waals surface area contributed by atoms with Crippen LogP contribution >= 0.6 is 22.9 Å². The number of allylic oxidation sites excluding steroid dienone is 1. The number of carbonyl (C=O) groups is 2. The highest BCUT2D eigenvalue weighted by molar-refractivity contribution is 7.07. The number of rotatable bonds is 4. The molecule has 7 nitrogen and oxygen atoms in total. The monoisotopic (exact) mass is 505 g/mol. The van der Waals surface area contributed by atoms with Crippen LogP contribution < -0.4 is 19.8 Å². The third-order valence-electron chi connectivity index (χ3n) is 6.05. The van der Waals surface area contributed by atoms with Gasteiger partial charge in [-0.3, -0.25) is 14.2 Å². The number of ether oxygens (including phenoxy) is 1. The van der Waals surface area contributed by atoms with Crippen LogP contribution in [-0.2, 0) is 14.3 Å². The second kappa shape index (κ2) is 8.79. The van der Waals surface area contributed by atoms with Crippen LogP contribution in [0.4, 0.5) is 5.69 Å². The van der Waals surface area contributed by atoms with Crippen LogP contribution in [0.1, 0.15) is 24.1 Å². The van der Waals surface area contributed by atoms with Gasteiger partial charge in [-0.1, -0.05) is 59.3 Å². The van der Waals surface area contributed by atoms with Gasteiger partial charge in [0.2, 0.25) is 0 Å². The smallest absolute Gasteiger partial charge is 0.338 e. The second-order valence-electron chi connectivity index (χ2n) is 8.04. The third kappa shape index (κ3) is 3.57. The fraction of sp³-hybridized carbons (Fsp3) is 0.154. The van der Waals surface area contributed by atoms with Crippen LogP contribution in [0.3, 0.4) is 0 Å². The number of hydrogen-bond donors (Lipinski definition) is 0. The van der Waals surface area contributed by atoms with Crippen molar-refractivity contribution in [1.29, 1.82) is 0 Å². The SMILES string of the molecule is C=CCN1C(=O)/C(=c2\sc3n(c2=O)C(c2ccc(Cl)cc2)C(C(=O)OC)=C(C)N=3)c2ccccc21. The van der Waals surface area contributed by atoms with E-state index in [1.807, 2.05) is 24.3 Å². The highest BCUT2D eigenvalue weighted by Gasteiger charge is 2.36. The maximum atomic E-state index is 13.9. The predicted molar refractivity (Wildman–Crippen MR) is 135 cm³/mol. The van der Waals surface area contributed by atoms with Crippen LogP contribution in [-0.4, -0.2) is 30.1 Å². The summed E-state index contributed by atoms with van der Waals surface area (Å²) in [7, 11) is 1.29. The molecule has 0 spiro atoms. The van der Waals surface area contributed by atoms with E-state index in [0.29, 0.717) is 38.8 Å². The number of carbonyl (C=O) groups excluding carboxylic acids is 2. The molecular weight excluding hydrogens is 486 g/mol. The predicted octanol–water partition coefficient (Wildman–Crippen LogP) is 2.96. The van der Waals surface area contributed by atoms with Gasteiger partial charge in [-0.25, -0.2) is 9.79 Å². The Balaban J connectivity index is 1.83. The Morgan fingerprint density at radius 1 is 1.20 bits per heavy atom. The van der Waals surface area contributed by atoms with E-state index in [1.165, 1.54) is 11.7 Å². The van der Waals surface area contributed by atoms with Gasteiger partial charge in [0.15, 0.2) is 4.80 Å². The van der Waals surface area contributed by atoms with Gasteiger partial charge in [0, 0.05) is 17.1 Å². The maximum absolute atomic E-state index is 13.9. The molecule has 5 rings (SSSR count). The number of aromatic nitrogens is 1. The van der Waals surface area contributed by atoms with E-state index in [4.69, 9.17) is 16.3 Å². The van der Waals surface area contributed by atoms with Gasteiger partial charge in [0.25, 0.3) is 11.5 Å². The molecule has 0 saturated carbocycles. The molecule has 2 aliphatic rings. The first-order valence-electron chi connectivity index (χ1n) is 10.8. The molecule has 3 aromatic rings. The van der Waals surface area contributed by atoms with Crippen LogP contribution in [0.5, 0.6) is 0 Å². The number of anilines is 1. The van der Waals surface area contributed by atoms with Crippen molar-refractivity contribution in [2.75, 3.05) is 18.6 Å². The van der Waals surface area contributed by atoms with E-state index in [9.17, 15) is 14.4 Å². The van der Waals surface area contributed by atoms with Crippen molar-refractivity contribution in [3.63, 3.8) is 0 Å². The molecular formula is C26H20ClN3O4S. The van der Waals surface area contributed by atoms with Crippen molar-refractivity contribution in [1.82, 2.24) is 4.57 Å². The fourth-order valence-corrected chi connectivity index (χ4v) is 5.78. The normalized spacial score (nSPS) is 18.2. The van der Waals surface area contributed by atoms with Gasteiger partial charge in [-0.05, 0) is 30.7 Å². The van der Waals surface area contributed by atoms with Crippen molar-refractivity contribution in [3.8, 4) is 0 Å². The number of nitrogens with zero attached hydrogens (tertiary/aromatic N) is 3. The van der Waals surface area contributed by atoms with Crippen molar-refractivity contribution >= 4 is 46.1 Å². The molecule has 1 atom stereocenters. The molecule has 2 aromatic carbocycles. The summed E-state index contributed by atoms with van der Waals surface area (Å²) >= 11 is 7.22. The van der Waals surface area contributed by atoms with Gasteiger partial charge in [0.05, 0.1) is 35.7 Å². The summed E-state index contributed by atoms with van der Waals surface area (Å²) in [5.41, 5.74) is 2.69. The zero-order valence-electron chi connectivity index (χ0n) is 18.9. The summed E-state index contributed by atoms with van der Waals surface area (Å²) in [6.45, 7) is 5.77. The van der Waals surface area contributed by atoms with Crippen LogP contribution in [0.15, 0.2) is 82.2 Å². The summed E-state index contributed by atoms with van der Waals surface area (Å²) < 4.78 is 6.76. The number of thiazole rings is 1. The number of hydrogen-bond acceptors (Lipinski definition) is 6. The molecule has 0 saturated heterocycles. The molecule has 3 heterocycles. The molecule has 0 radical (unpaired) electrons. The molecule has 0 N–H and O–H groups in total. The number of benzene rings is 2. The highest BCUT2D eigenvalue weighted by atomic mass is 35.5. The first kappa shape index (κ1) is 23.0. The molecule has 176 valence electrons. The molecule has 0 aliphatic carbocycles. The maximum Gasteiger partial charge on any atom is 0.338 e. The summed E-state index contributed by atoms with van der Waals surface area (Å²) in [4.78, 5) is 46.7. The average Bonchev–Trinajstić information content (AvgIpc) is 3.31. The Labute approximate surface area is 209 Å². The van der Waals surface area contributed by atoms with Gasteiger partial charge >= 0.3 is 5.97 Å². The number of fused-ring (bicyclic) bond motifs is 2. The molecule has 35 heavy (non-hydrogen) atoms. The van der Waals surface area contributed by atoms with Gasteiger partial charge in [0.1, 0.15) is 4.53 Å². The molecule has 1 unspecified atom stereocenters. The number of amides is 1. The summed E-state index contributed by atoms with van der Waals surface area (Å²) in [6.07, 6.45) is 1.64. The van der Waals surface area contributed by atoms with E-state index >= 15 is 0 Å². The molecule has 2 aliphatic heterocycles. The molecule has 0 fully saturated rings. The second-order valence-corrected chi connectivity index (χ2v) is 9.46. The number of para-hydroxylation sites is 1. The third-order valence-corrected chi connectivity index (χ3v) is 7.36. The summed E-state index contributed by atoms with van der Waals surface area (Å²) in [6, 6.07) is 13.5. The molecule has 0 bridgehead atoms. The first-order valence-corrected chi connectivity index (χ1v) is 12.0. The lowest BCUT2D eigenvalue weighted by Gasteiger charge is -2.24. The van der Waals surface area contributed by atoms with E-state index in [1.54, 1.807) is 42.2 Å². The Hall–Kier alpha value is -3.75. The minimum atomic E-state index is -0.777. The number of halogens is 1. The van der Waals surface area contributed by atoms with Crippen molar-refractivity contribution < 1.29 is 14.3 Å². The van der Waals surface area contributed by atoms with Gasteiger partial charge in [-0.15, -0.1) is 6.58 Å². The van der Waals surface area contributed by atoms with Crippen LogP contribution in [0.2, 0.25) is 5.02 Å². The largest absolute Gasteiger partial charge is 0.466 e. The lowest BCUT2D eigenvalue weighted by molar-refractivity contribution is -0.136. The Kier molecular flexibility index (Phi) is 5.78. The van der Waals surface area contributed by atoms with Crippen molar-refractivity contribution in [3.05, 3.63) is 108 Å². The summed E-state index contributed by atoms with van der Waals surface area (Å²) in [5, 5.41) is 0.527. The van der Waals surface area contributed by atoms with Crippen molar-refractivity contribution in [2.45, 2.75) is 13.0 Å². The zero-order chi connectivity index (χ0) is 24.9. The lowest BCUT2D eigenvalue weighted by Crippen LogP contribution is -2.40. The summed E-state index contributed by atoms with van der Waals surface area (Å²) in [5.74, 6) is -0.855. The molecule has 1 aromatic heterocycles. The van der Waals surface area contributed by atoms with Crippen molar-refractivity contribution in [2.24, 2.45) is 4.99 Å². The Morgan fingerprint density at radius 3 is 2.60 bits per heavy atom. The number of methoxy groups -OCH3 is 1. The van der Waals surface area contributed by atoms with E-state index < -0.39 is 17.6 Å². The van der Waals surface area contributed by atoms with E-state index in [-0.39, 0.29) is 16.0 Å². The highest BCUT2D eigenvalue weighted by Crippen LogP contribution is 2.35. The fourth-order valence-electron chi connectivity index (χ4n) is 4.51. The zero-order valence-corrected chi connectivity index (χ0v) is 20.5. The Morgan fingerprint density at radius 2 is 1.91 bits per heavy atom. The Bertz CT molecular complexity index is 1620. The average molecular weight is 506 g/mol. The van der Waals surface area contributed by atoms with Gasteiger partial charge in [-0.2, -0.15) is 0 Å².